The van der Waals surface area contributed by atoms with Gasteiger partial charge in [-0.25, -0.2) is 5.84 Å². The summed E-state index contributed by atoms with van der Waals surface area (Å²) < 4.78 is 0. The highest BCUT2D eigenvalue weighted by Gasteiger charge is 2.36. The van der Waals surface area contributed by atoms with Crippen molar-refractivity contribution in [1.82, 2.24) is 10.3 Å². The molecule has 0 aromatic rings. The van der Waals surface area contributed by atoms with Crippen LogP contribution in [0.4, 0.5) is 0 Å². The number of thioether (sulfide) groups is 1. The zero-order chi connectivity index (χ0) is 12.3. The SMILES string of the molecule is CCCCN=C1N=C(C2CC2)N(N)C(SC)N1. The van der Waals surface area contributed by atoms with Gasteiger partial charge < -0.3 is 5.32 Å². The van der Waals surface area contributed by atoms with Crippen molar-refractivity contribution in [2.24, 2.45) is 21.7 Å². The van der Waals surface area contributed by atoms with E-state index in [1.807, 2.05) is 6.26 Å². The average molecular weight is 255 g/mol. The highest BCUT2D eigenvalue weighted by atomic mass is 32.2. The zero-order valence-corrected chi connectivity index (χ0v) is 11.3. The first-order valence-corrected chi connectivity index (χ1v) is 7.51. The third kappa shape index (κ3) is 3.13. The van der Waals surface area contributed by atoms with Crippen molar-refractivity contribution in [2.45, 2.75) is 38.1 Å². The summed E-state index contributed by atoms with van der Waals surface area (Å²) in [5.41, 5.74) is 0.0588. The summed E-state index contributed by atoms with van der Waals surface area (Å²) >= 11 is 1.67. The van der Waals surface area contributed by atoms with E-state index in [1.165, 1.54) is 12.8 Å². The van der Waals surface area contributed by atoms with Gasteiger partial charge in [-0.2, -0.15) is 4.99 Å². The number of nitrogens with zero attached hydrogens (tertiary/aromatic N) is 3. The van der Waals surface area contributed by atoms with E-state index in [2.05, 4.69) is 22.2 Å². The van der Waals surface area contributed by atoms with Crippen LogP contribution in [-0.4, -0.2) is 35.1 Å². The maximum Gasteiger partial charge on any atom is 0.222 e. The standard InChI is InChI=1S/C11H21N5S/c1-3-4-7-13-10-14-9(8-5-6-8)16(12)11(15-10)17-2/h8,11H,3-7,12H2,1-2H3,(H,13,15). The van der Waals surface area contributed by atoms with Gasteiger partial charge in [-0.1, -0.05) is 13.3 Å². The van der Waals surface area contributed by atoms with Gasteiger partial charge in [0.05, 0.1) is 0 Å². The maximum absolute atomic E-state index is 6.06. The topological polar surface area (TPSA) is 66.0 Å². The van der Waals surface area contributed by atoms with Crippen molar-refractivity contribution in [3.63, 3.8) is 0 Å². The van der Waals surface area contributed by atoms with Crippen molar-refractivity contribution >= 4 is 23.6 Å². The first-order valence-electron chi connectivity index (χ1n) is 6.22. The molecule has 1 aliphatic heterocycles. The smallest absolute Gasteiger partial charge is 0.222 e. The highest BCUT2D eigenvalue weighted by molar-refractivity contribution is 7.99. The second-order valence-corrected chi connectivity index (χ2v) is 5.36. The molecule has 0 radical (unpaired) electrons. The summed E-state index contributed by atoms with van der Waals surface area (Å²) in [5.74, 6) is 8.35. The summed E-state index contributed by atoms with van der Waals surface area (Å²) in [6.07, 6.45) is 6.71. The number of amidine groups is 1. The molecule has 1 unspecified atom stereocenters. The van der Waals surface area contributed by atoms with Gasteiger partial charge in [0.25, 0.3) is 0 Å². The van der Waals surface area contributed by atoms with E-state index in [-0.39, 0.29) is 5.50 Å². The van der Waals surface area contributed by atoms with Gasteiger partial charge in [0.1, 0.15) is 5.84 Å². The summed E-state index contributed by atoms with van der Waals surface area (Å²) in [6, 6.07) is 0. The van der Waals surface area contributed by atoms with Crippen LogP contribution in [0.1, 0.15) is 32.6 Å². The van der Waals surface area contributed by atoms with E-state index in [0.29, 0.717) is 5.92 Å². The summed E-state index contributed by atoms with van der Waals surface area (Å²) in [7, 11) is 0. The molecule has 1 heterocycles. The molecule has 0 saturated heterocycles. The van der Waals surface area contributed by atoms with Crippen molar-refractivity contribution in [3.05, 3.63) is 0 Å². The molecule has 1 aliphatic carbocycles. The third-order valence-corrected chi connectivity index (χ3v) is 3.72. The van der Waals surface area contributed by atoms with E-state index < -0.39 is 0 Å². The average Bonchev–Trinajstić information content (AvgIpc) is 3.15. The van der Waals surface area contributed by atoms with Crippen molar-refractivity contribution in [2.75, 3.05) is 12.8 Å². The zero-order valence-electron chi connectivity index (χ0n) is 10.5. The number of hydrogen-bond donors (Lipinski definition) is 2. The highest BCUT2D eigenvalue weighted by Crippen LogP contribution is 2.33. The molecule has 0 bridgehead atoms. The number of guanidine groups is 1. The Morgan fingerprint density at radius 1 is 1.59 bits per heavy atom. The Morgan fingerprint density at radius 3 is 2.94 bits per heavy atom. The predicted octanol–water partition coefficient (Wildman–Crippen LogP) is 1.38. The predicted molar refractivity (Wildman–Crippen MR) is 73.8 cm³/mol. The van der Waals surface area contributed by atoms with Crippen LogP contribution in [0.2, 0.25) is 0 Å². The molecule has 17 heavy (non-hydrogen) atoms. The Balaban J connectivity index is 2.08. The van der Waals surface area contributed by atoms with Crippen LogP contribution in [0.5, 0.6) is 0 Å². The van der Waals surface area contributed by atoms with Gasteiger partial charge in [-0.3, -0.25) is 10.0 Å². The number of rotatable bonds is 5. The number of aliphatic imine (C=N–C) groups is 2. The minimum Gasteiger partial charge on any atom is -0.324 e. The molecule has 0 aromatic carbocycles. The molecule has 96 valence electrons. The molecule has 6 heteroatoms. The molecule has 3 N–H and O–H groups in total. The molecule has 2 rings (SSSR count). The molecule has 0 aromatic heterocycles. The number of nitrogens with one attached hydrogen (secondary N) is 1. The summed E-state index contributed by atoms with van der Waals surface area (Å²) in [6.45, 7) is 3.01. The fraction of sp³-hybridized carbons (Fsp3) is 0.818. The second-order valence-electron chi connectivity index (χ2n) is 4.44. The van der Waals surface area contributed by atoms with Gasteiger partial charge in [-0.15, -0.1) is 11.8 Å². The number of unbranched alkanes of at least 4 members (excludes halogenated alkanes) is 1. The lowest BCUT2D eigenvalue weighted by molar-refractivity contribution is 0.374. The van der Waals surface area contributed by atoms with E-state index >= 15 is 0 Å². The Labute approximate surface area is 107 Å². The Bertz CT molecular complexity index is 324. The molecule has 2 aliphatic rings. The molecule has 0 spiro atoms. The third-order valence-electron chi connectivity index (χ3n) is 2.93. The Hall–Kier alpha value is -0.750. The fourth-order valence-electron chi connectivity index (χ4n) is 1.74. The maximum atomic E-state index is 6.06. The van der Waals surface area contributed by atoms with Crippen molar-refractivity contribution < 1.29 is 0 Å². The molecule has 0 amide bonds. The van der Waals surface area contributed by atoms with Crippen LogP contribution in [0.15, 0.2) is 9.98 Å². The first kappa shape index (κ1) is 12.7. The van der Waals surface area contributed by atoms with Gasteiger partial charge in [0.2, 0.25) is 5.96 Å². The minimum absolute atomic E-state index is 0.0588. The van der Waals surface area contributed by atoms with E-state index in [4.69, 9.17) is 5.84 Å². The van der Waals surface area contributed by atoms with Gasteiger partial charge in [0, 0.05) is 12.5 Å². The normalized spacial score (nSPS) is 27.0. The van der Waals surface area contributed by atoms with Crippen LogP contribution >= 0.6 is 11.8 Å². The Morgan fingerprint density at radius 2 is 2.35 bits per heavy atom. The van der Waals surface area contributed by atoms with Crippen molar-refractivity contribution in [3.8, 4) is 0 Å². The Kier molecular flexibility index (Phi) is 4.28. The first-order chi connectivity index (χ1) is 8.26. The van der Waals surface area contributed by atoms with E-state index in [0.717, 1.165) is 31.2 Å². The van der Waals surface area contributed by atoms with Gasteiger partial charge >= 0.3 is 0 Å². The summed E-state index contributed by atoms with van der Waals surface area (Å²) in [4.78, 5) is 9.03. The molecular formula is C11H21N5S. The fourth-order valence-corrected chi connectivity index (χ4v) is 2.30. The number of hydrazine groups is 1. The van der Waals surface area contributed by atoms with E-state index in [9.17, 15) is 0 Å². The largest absolute Gasteiger partial charge is 0.324 e. The lowest BCUT2D eigenvalue weighted by atomic mass is 10.3. The molecular weight excluding hydrogens is 234 g/mol. The molecule has 1 atom stereocenters. The van der Waals surface area contributed by atoms with E-state index in [1.54, 1.807) is 16.8 Å². The number of nitrogens with two attached hydrogens (primary N) is 1. The number of hydrogen-bond acceptors (Lipinski definition) is 4. The quantitative estimate of drug-likeness (QED) is 0.575. The lowest BCUT2D eigenvalue weighted by Gasteiger charge is -2.33. The molecule has 1 fully saturated rings. The van der Waals surface area contributed by atoms with Gasteiger partial charge in [-0.05, 0) is 25.5 Å². The van der Waals surface area contributed by atoms with Crippen LogP contribution in [-0.2, 0) is 0 Å². The minimum atomic E-state index is 0.0588. The van der Waals surface area contributed by atoms with Crippen molar-refractivity contribution in [1.29, 1.82) is 0 Å². The van der Waals surface area contributed by atoms with Crippen LogP contribution < -0.4 is 11.2 Å². The van der Waals surface area contributed by atoms with Crippen LogP contribution in [0.3, 0.4) is 0 Å². The molecule has 1 saturated carbocycles. The summed E-state index contributed by atoms with van der Waals surface area (Å²) in [5, 5.41) is 5.00. The second kappa shape index (κ2) is 5.73. The monoisotopic (exact) mass is 255 g/mol. The van der Waals surface area contributed by atoms with Crippen LogP contribution in [0.25, 0.3) is 0 Å². The van der Waals surface area contributed by atoms with Crippen LogP contribution in [0, 0.1) is 5.92 Å². The molecule has 5 nitrogen and oxygen atoms in total. The lowest BCUT2D eigenvalue weighted by Crippen LogP contribution is -2.57. The van der Waals surface area contributed by atoms with Gasteiger partial charge in [0.15, 0.2) is 5.50 Å².